The number of nitrogens with one attached hydrogen (secondary N) is 2. The highest BCUT2D eigenvalue weighted by atomic mass is 35.5. The van der Waals surface area contributed by atoms with Crippen LogP contribution in [0, 0.1) is 11.3 Å². The average molecular weight is 457 g/mol. The highest BCUT2D eigenvalue weighted by Gasteiger charge is 2.49. The standard InChI is InChI=1S/C22H32N4O2.2ClH/c1-25-10-12-26(13-11-25)20(27)14-17-5-7-19(8-6-17)24-21(28)22-9-3-2-4-18(22)15-23-16-22;;/h5-8,18,23H,2-4,9-16H2,1H3,(H,24,28);2*1H/t18-,22+;;/m0../s1. The summed E-state index contributed by atoms with van der Waals surface area (Å²) in [6.45, 7) is 5.24. The Morgan fingerprint density at radius 3 is 2.50 bits per heavy atom. The van der Waals surface area contributed by atoms with Crippen LogP contribution >= 0.6 is 24.8 Å². The van der Waals surface area contributed by atoms with Crippen molar-refractivity contribution in [1.82, 2.24) is 15.1 Å². The fourth-order valence-electron chi connectivity index (χ4n) is 4.99. The molecule has 1 aromatic rings. The lowest BCUT2D eigenvalue weighted by atomic mass is 9.67. The van der Waals surface area contributed by atoms with Crippen LogP contribution < -0.4 is 10.6 Å². The fraction of sp³-hybridized carbons (Fsp3) is 0.636. The largest absolute Gasteiger partial charge is 0.340 e. The Morgan fingerprint density at radius 2 is 1.80 bits per heavy atom. The van der Waals surface area contributed by atoms with E-state index in [0.29, 0.717) is 12.3 Å². The zero-order valence-electron chi connectivity index (χ0n) is 17.7. The summed E-state index contributed by atoms with van der Waals surface area (Å²) in [7, 11) is 2.09. The molecule has 1 aromatic carbocycles. The number of piperazine rings is 1. The molecule has 168 valence electrons. The van der Waals surface area contributed by atoms with Crippen LogP contribution in [0.15, 0.2) is 24.3 Å². The topological polar surface area (TPSA) is 64.7 Å². The summed E-state index contributed by atoms with van der Waals surface area (Å²) in [5, 5.41) is 6.57. The van der Waals surface area contributed by atoms with Crippen molar-refractivity contribution in [2.24, 2.45) is 11.3 Å². The molecular weight excluding hydrogens is 423 g/mol. The minimum atomic E-state index is -0.242. The maximum absolute atomic E-state index is 13.1. The van der Waals surface area contributed by atoms with Crippen LogP contribution in [0.1, 0.15) is 31.2 Å². The lowest BCUT2D eigenvalue weighted by Gasteiger charge is -2.37. The zero-order chi connectivity index (χ0) is 19.6. The molecule has 0 radical (unpaired) electrons. The third-order valence-electron chi connectivity index (χ3n) is 6.91. The van der Waals surface area contributed by atoms with Crippen LogP contribution in [-0.4, -0.2) is 67.9 Å². The fourth-order valence-corrected chi connectivity index (χ4v) is 4.99. The van der Waals surface area contributed by atoms with E-state index in [-0.39, 0.29) is 42.0 Å². The Balaban J connectivity index is 0.00000160. The monoisotopic (exact) mass is 456 g/mol. The van der Waals surface area contributed by atoms with Crippen LogP contribution in [0.2, 0.25) is 0 Å². The first-order valence-electron chi connectivity index (χ1n) is 10.6. The van der Waals surface area contributed by atoms with Gasteiger partial charge in [-0.1, -0.05) is 25.0 Å². The third kappa shape index (κ3) is 5.28. The van der Waals surface area contributed by atoms with Gasteiger partial charge in [-0.25, -0.2) is 0 Å². The van der Waals surface area contributed by atoms with E-state index < -0.39 is 0 Å². The number of benzene rings is 1. The first-order chi connectivity index (χ1) is 13.6. The maximum Gasteiger partial charge on any atom is 0.232 e. The van der Waals surface area contributed by atoms with Gasteiger partial charge in [0.05, 0.1) is 11.8 Å². The van der Waals surface area contributed by atoms with E-state index in [1.807, 2.05) is 29.2 Å². The second-order valence-electron chi connectivity index (χ2n) is 8.74. The first-order valence-corrected chi connectivity index (χ1v) is 10.6. The molecule has 2 saturated heterocycles. The van der Waals surface area contributed by atoms with Crippen molar-refractivity contribution in [1.29, 1.82) is 0 Å². The minimum Gasteiger partial charge on any atom is -0.340 e. The van der Waals surface area contributed by atoms with Crippen LogP contribution in [-0.2, 0) is 16.0 Å². The van der Waals surface area contributed by atoms with Crippen molar-refractivity contribution in [2.45, 2.75) is 32.1 Å². The molecule has 0 spiro atoms. The molecule has 0 aromatic heterocycles. The van der Waals surface area contributed by atoms with E-state index in [9.17, 15) is 9.59 Å². The highest BCUT2D eigenvalue weighted by molar-refractivity contribution is 5.96. The molecule has 0 unspecified atom stereocenters. The Hall–Kier alpha value is -1.34. The number of fused-ring (bicyclic) bond motifs is 1. The van der Waals surface area contributed by atoms with Gasteiger partial charge in [-0.05, 0) is 50.0 Å². The summed E-state index contributed by atoms with van der Waals surface area (Å²) < 4.78 is 0. The van der Waals surface area contributed by atoms with Crippen molar-refractivity contribution >= 4 is 42.3 Å². The van der Waals surface area contributed by atoms with Crippen LogP contribution in [0.4, 0.5) is 5.69 Å². The van der Waals surface area contributed by atoms with Gasteiger partial charge in [-0.15, -0.1) is 24.8 Å². The number of carbonyl (C=O) groups excluding carboxylic acids is 2. The van der Waals surface area contributed by atoms with Crippen LogP contribution in [0.3, 0.4) is 0 Å². The van der Waals surface area contributed by atoms with E-state index in [2.05, 4.69) is 22.6 Å². The van der Waals surface area contributed by atoms with Gasteiger partial charge in [-0.2, -0.15) is 0 Å². The summed E-state index contributed by atoms with van der Waals surface area (Å²) in [6, 6.07) is 7.79. The number of amides is 2. The van der Waals surface area contributed by atoms with Gasteiger partial charge in [0, 0.05) is 38.4 Å². The number of carbonyl (C=O) groups is 2. The second-order valence-corrected chi connectivity index (χ2v) is 8.74. The molecule has 1 aliphatic carbocycles. The Labute approximate surface area is 192 Å². The quantitative estimate of drug-likeness (QED) is 0.730. The number of likely N-dealkylation sites (N-methyl/N-ethyl adjacent to an activating group) is 1. The van der Waals surface area contributed by atoms with Crippen molar-refractivity contribution in [2.75, 3.05) is 51.6 Å². The molecule has 2 atom stereocenters. The molecular formula is C22H34Cl2N4O2. The van der Waals surface area contributed by atoms with E-state index >= 15 is 0 Å². The summed E-state index contributed by atoms with van der Waals surface area (Å²) in [5.74, 6) is 0.802. The van der Waals surface area contributed by atoms with Crippen molar-refractivity contribution in [3.05, 3.63) is 29.8 Å². The smallest absolute Gasteiger partial charge is 0.232 e. The van der Waals surface area contributed by atoms with Crippen molar-refractivity contribution < 1.29 is 9.59 Å². The molecule has 0 bridgehead atoms. The lowest BCUT2D eigenvalue weighted by Crippen LogP contribution is -2.47. The minimum absolute atomic E-state index is 0. The molecule has 2 N–H and O–H groups in total. The van der Waals surface area contributed by atoms with Gasteiger partial charge < -0.3 is 20.4 Å². The third-order valence-corrected chi connectivity index (χ3v) is 6.91. The maximum atomic E-state index is 13.1. The normalized spacial score (nSPS) is 26.2. The van der Waals surface area contributed by atoms with Gasteiger partial charge in [0.2, 0.25) is 11.8 Å². The number of halogens is 2. The van der Waals surface area contributed by atoms with E-state index in [1.54, 1.807) is 0 Å². The number of hydrogen-bond donors (Lipinski definition) is 2. The number of rotatable bonds is 4. The van der Waals surface area contributed by atoms with Gasteiger partial charge >= 0.3 is 0 Å². The average Bonchev–Trinajstić information content (AvgIpc) is 3.15. The molecule has 2 heterocycles. The van der Waals surface area contributed by atoms with Gasteiger partial charge in [0.15, 0.2) is 0 Å². The molecule has 4 rings (SSSR count). The number of hydrogen-bond acceptors (Lipinski definition) is 4. The van der Waals surface area contributed by atoms with Gasteiger partial charge in [-0.3, -0.25) is 9.59 Å². The van der Waals surface area contributed by atoms with Crippen LogP contribution in [0.25, 0.3) is 0 Å². The SMILES string of the molecule is CN1CCN(C(=O)Cc2ccc(NC(=O)[C@@]34CCCC[C@H]3CNC4)cc2)CC1.Cl.Cl. The summed E-state index contributed by atoms with van der Waals surface area (Å²) >= 11 is 0. The predicted molar refractivity (Wildman–Crippen MR) is 125 cm³/mol. The second kappa shape index (κ2) is 10.8. The van der Waals surface area contributed by atoms with E-state index in [4.69, 9.17) is 0 Å². The van der Waals surface area contributed by atoms with Crippen LogP contribution in [0.5, 0.6) is 0 Å². The molecule has 3 fully saturated rings. The van der Waals surface area contributed by atoms with Crippen molar-refractivity contribution in [3.8, 4) is 0 Å². The molecule has 8 heteroatoms. The summed E-state index contributed by atoms with van der Waals surface area (Å²) in [4.78, 5) is 29.7. The number of nitrogens with zero attached hydrogens (tertiary/aromatic N) is 2. The highest BCUT2D eigenvalue weighted by Crippen LogP contribution is 2.44. The zero-order valence-corrected chi connectivity index (χ0v) is 19.3. The first kappa shape index (κ1) is 24.9. The Morgan fingerprint density at radius 1 is 1.10 bits per heavy atom. The summed E-state index contributed by atoms with van der Waals surface area (Å²) in [6.07, 6.45) is 4.92. The van der Waals surface area contributed by atoms with E-state index in [0.717, 1.165) is 69.8 Å². The summed E-state index contributed by atoms with van der Waals surface area (Å²) in [5.41, 5.74) is 1.58. The van der Waals surface area contributed by atoms with Gasteiger partial charge in [0.25, 0.3) is 0 Å². The molecule has 2 aliphatic heterocycles. The predicted octanol–water partition coefficient (Wildman–Crippen LogP) is 2.57. The molecule has 30 heavy (non-hydrogen) atoms. The van der Waals surface area contributed by atoms with Crippen molar-refractivity contribution in [3.63, 3.8) is 0 Å². The van der Waals surface area contributed by atoms with E-state index in [1.165, 1.54) is 6.42 Å². The molecule has 6 nitrogen and oxygen atoms in total. The molecule has 3 aliphatic rings. The van der Waals surface area contributed by atoms with Gasteiger partial charge in [0.1, 0.15) is 0 Å². The Kier molecular flexibility index (Phi) is 8.98. The number of anilines is 1. The lowest BCUT2D eigenvalue weighted by molar-refractivity contribution is -0.132. The molecule has 1 saturated carbocycles. The molecule has 2 amide bonds. The Bertz CT molecular complexity index is 722.